The van der Waals surface area contributed by atoms with Crippen LogP contribution in [0.5, 0.6) is 0 Å². The summed E-state index contributed by atoms with van der Waals surface area (Å²) in [6, 6.07) is 0. The van der Waals surface area contributed by atoms with Crippen LogP contribution in [0.4, 0.5) is 11.5 Å². The fourth-order valence-corrected chi connectivity index (χ4v) is 2.07. The zero-order valence-corrected chi connectivity index (χ0v) is 9.47. The average molecular weight is 218 g/mol. The molecule has 4 heteroatoms. The minimum absolute atomic E-state index is 0.712. The van der Waals surface area contributed by atoms with E-state index in [9.17, 15) is 0 Å². The van der Waals surface area contributed by atoms with Gasteiger partial charge in [0.25, 0.3) is 0 Å². The van der Waals surface area contributed by atoms with E-state index in [2.05, 4.69) is 14.9 Å². The Morgan fingerprint density at radius 2 is 1.81 bits per heavy atom. The summed E-state index contributed by atoms with van der Waals surface area (Å²) in [6.07, 6.45) is 8.77. The van der Waals surface area contributed by atoms with Crippen molar-refractivity contribution in [1.29, 1.82) is 0 Å². The van der Waals surface area contributed by atoms with Crippen LogP contribution in [-0.2, 0) is 0 Å². The number of hydrogen-bond donors (Lipinski definition) is 1. The lowest BCUT2D eigenvalue weighted by Crippen LogP contribution is -2.29. The largest absolute Gasteiger partial charge is 0.394 e. The van der Waals surface area contributed by atoms with E-state index < -0.39 is 0 Å². The molecule has 0 aliphatic heterocycles. The van der Waals surface area contributed by atoms with Gasteiger partial charge in [-0.15, -0.1) is 0 Å². The smallest absolute Gasteiger partial charge is 0.155 e. The molecule has 2 N–H and O–H groups in total. The lowest BCUT2D eigenvalue weighted by Gasteiger charge is -2.24. The number of anilines is 2. The van der Waals surface area contributed by atoms with E-state index in [0.29, 0.717) is 5.69 Å². The third-order valence-corrected chi connectivity index (χ3v) is 3.37. The third-order valence-electron chi connectivity index (χ3n) is 3.37. The Bertz CT molecular complexity index is 357. The maximum atomic E-state index is 5.95. The molecule has 0 aromatic carbocycles. The van der Waals surface area contributed by atoms with Gasteiger partial charge in [-0.2, -0.15) is 0 Å². The maximum absolute atomic E-state index is 5.95. The Kier molecular flexibility index (Phi) is 2.42. The molecule has 1 aromatic rings. The summed E-state index contributed by atoms with van der Waals surface area (Å²) in [6.45, 7) is 2.25. The van der Waals surface area contributed by atoms with Crippen LogP contribution in [0.15, 0.2) is 12.5 Å². The van der Waals surface area contributed by atoms with E-state index in [1.54, 1.807) is 12.5 Å². The highest BCUT2D eigenvalue weighted by Crippen LogP contribution is 2.36. The molecule has 2 aliphatic carbocycles. The summed E-state index contributed by atoms with van der Waals surface area (Å²) >= 11 is 0. The highest BCUT2D eigenvalue weighted by molar-refractivity contribution is 5.61. The summed E-state index contributed by atoms with van der Waals surface area (Å²) in [5, 5.41) is 0. The topological polar surface area (TPSA) is 55.0 Å². The molecular weight excluding hydrogens is 200 g/mol. The second-order valence-electron chi connectivity index (χ2n) is 5.09. The normalized spacial score (nSPS) is 19.8. The van der Waals surface area contributed by atoms with Gasteiger partial charge in [-0.1, -0.05) is 0 Å². The van der Waals surface area contributed by atoms with Crippen molar-refractivity contribution in [3.63, 3.8) is 0 Å². The Morgan fingerprint density at radius 1 is 1.19 bits per heavy atom. The van der Waals surface area contributed by atoms with Crippen molar-refractivity contribution in [2.45, 2.75) is 25.7 Å². The molecule has 2 saturated carbocycles. The predicted octanol–water partition coefficient (Wildman–Crippen LogP) is 1.69. The standard InChI is InChI=1S/C12H18N4/c13-11-5-14-8-15-12(11)16(6-9-1-2-9)7-10-3-4-10/h5,8-10H,1-4,6-7,13H2. The number of nitrogen functional groups attached to an aromatic ring is 1. The van der Waals surface area contributed by atoms with E-state index in [4.69, 9.17) is 5.73 Å². The molecule has 3 rings (SSSR count). The van der Waals surface area contributed by atoms with E-state index in [1.807, 2.05) is 0 Å². The van der Waals surface area contributed by atoms with Crippen LogP contribution in [-0.4, -0.2) is 23.1 Å². The lowest BCUT2D eigenvalue weighted by atomic mass is 10.3. The van der Waals surface area contributed by atoms with Crippen LogP contribution >= 0.6 is 0 Å². The number of aromatic nitrogens is 2. The number of hydrogen-bond acceptors (Lipinski definition) is 4. The maximum Gasteiger partial charge on any atom is 0.155 e. The molecule has 2 aliphatic rings. The number of rotatable bonds is 5. The lowest BCUT2D eigenvalue weighted by molar-refractivity contribution is 0.671. The number of nitrogens with zero attached hydrogens (tertiary/aromatic N) is 3. The molecule has 0 amide bonds. The molecule has 0 spiro atoms. The first-order chi connectivity index (χ1) is 7.83. The van der Waals surface area contributed by atoms with Crippen LogP contribution in [0.25, 0.3) is 0 Å². The molecule has 2 fully saturated rings. The third kappa shape index (κ3) is 2.26. The first-order valence-electron chi connectivity index (χ1n) is 6.13. The summed E-state index contributed by atoms with van der Waals surface area (Å²) in [4.78, 5) is 10.7. The zero-order chi connectivity index (χ0) is 11.0. The number of nitrogens with two attached hydrogens (primary N) is 1. The molecule has 0 radical (unpaired) electrons. The van der Waals surface area contributed by atoms with Gasteiger partial charge in [0.2, 0.25) is 0 Å². The van der Waals surface area contributed by atoms with Crippen LogP contribution in [0.1, 0.15) is 25.7 Å². The summed E-state index contributed by atoms with van der Waals surface area (Å²) in [5.74, 6) is 2.68. The second-order valence-corrected chi connectivity index (χ2v) is 5.09. The van der Waals surface area contributed by atoms with Crippen LogP contribution in [0.2, 0.25) is 0 Å². The molecular formula is C12H18N4. The van der Waals surface area contributed by atoms with Gasteiger partial charge in [0.1, 0.15) is 6.33 Å². The van der Waals surface area contributed by atoms with Gasteiger partial charge in [-0.3, -0.25) is 0 Å². The molecule has 0 atom stereocenters. The Labute approximate surface area is 95.9 Å². The van der Waals surface area contributed by atoms with Gasteiger partial charge < -0.3 is 10.6 Å². The molecule has 4 nitrogen and oxygen atoms in total. The van der Waals surface area contributed by atoms with Crippen molar-refractivity contribution in [1.82, 2.24) is 9.97 Å². The van der Waals surface area contributed by atoms with Gasteiger partial charge >= 0.3 is 0 Å². The molecule has 86 valence electrons. The highest BCUT2D eigenvalue weighted by atomic mass is 15.2. The van der Waals surface area contributed by atoms with Crippen molar-refractivity contribution < 1.29 is 0 Å². The molecule has 1 aromatic heterocycles. The van der Waals surface area contributed by atoms with E-state index in [-0.39, 0.29) is 0 Å². The Hall–Kier alpha value is -1.32. The quantitative estimate of drug-likeness (QED) is 0.817. The van der Waals surface area contributed by atoms with Gasteiger partial charge in [-0.25, -0.2) is 9.97 Å². The van der Waals surface area contributed by atoms with Crippen molar-refractivity contribution in [3.8, 4) is 0 Å². The highest BCUT2D eigenvalue weighted by Gasteiger charge is 2.30. The van der Waals surface area contributed by atoms with Crippen LogP contribution in [0, 0.1) is 11.8 Å². The monoisotopic (exact) mass is 218 g/mol. The minimum Gasteiger partial charge on any atom is -0.394 e. The zero-order valence-electron chi connectivity index (χ0n) is 9.47. The van der Waals surface area contributed by atoms with E-state index >= 15 is 0 Å². The molecule has 1 heterocycles. The predicted molar refractivity (Wildman–Crippen MR) is 64.1 cm³/mol. The van der Waals surface area contributed by atoms with Crippen molar-refractivity contribution >= 4 is 11.5 Å². The van der Waals surface area contributed by atoms with Gasteiger partial charge in [0.15, 0.2) is 5.82 Å². The van der Waals surface area contributed by atoms with Crippen molar-refractivity contribution in [2.75, 3.05) is 23.7 Å². The summed E-state index contributed by atoms with van der Waals surface area (Å²) < 4.78 is 0. The Balaban J connectivity index is 1.76. The molecule has 0 bridgehead atoms. The first-order valence-corrected chi connectivity index (χ1v) is 6.13. The molecule has 0 unspecified atom stereocenters. The van der Waals surface area contributed by atoms with Crippen molar-refractivity contribution in [2.24, 2.45) is 11.8 Å². The van der Waals surface area contributed by atoms with Crippen LogP contribution < -0.4 is 10.6 Å². The van der Waals surface area contributed by atoms with Gasteiger partial charge in [0, 0.05) is 13.1 Å². The molecule has 16 heavy (non-hydrogen) atoms. The van der Waals surface area contributed by atoms with E-state index in [1.165, 1.54) is 25.7 Å². The molecule has 0 saturated heterocycles. The summed E-state index contributed by atoms with van der Waals surface area (Å²) in [5.41, 5.74) is 6.66. The average Bonchev–Trinajstić information content (AvgIpc) is 3.12. The summed E-state index contributed by atoms with van der Waals surface area (Å²) in [7, 11) is 0. The van der Waals surface area contributed by atoms with Gasteiger partial charge in [0.05, 0.1) is 11.9 Å². The minimum atomic E-state index is 0.712. The van der Waals surface area contributed by atoms with Crippen LogP contribution in [0.3, 0.4) is 0 Å². The van der Waals surface area contributed by atoms with E-state index in [0.717, 1.165) is 30.7 Å². The first kappa shape index (κ1) is 9.87. The second kappa shape index (κ2) is 3.92. The fourth-order valence-electron chi connectivity index (χ4n) is 2.07. The fraction of sp³-hybridized carbons (Fsp3) is 0.667. The van der Waals surface area contributed by atoms with Gasteiger partial charge in [-0.05, 0) is 37.5 Å². The SMILES string of the molecule is Nc1cncnc1N(CC1CC1)CC1CC1. The Morgan fingerprint density at radius 3 is 2.31 bits per heavy atom. The van der Waals surface area contributed by atoms with Crippen molar-refractivity contribution in [3.05, 3.63) is 12.5 Å².